The van der Waals surface area contributed by atoms with Gasteiger partial charge < -0.3 is 5.32 Å². The summed E-state index contributed by atoms with van der Waals surface area (Å²) in [5, 5.41) is 11.9. The Labute approximate surface area is 175 Å². The lowest BCUT2D eigenvalue weighted by molar-refractivity contribution is -0.115. The van der Waals surface area contributed by atoms with Crippen LogP contribution in [0.3, 0.4) is 0 Å². The predicted molar refractivity (Wildman–Crippen MR) is 113 cm³/mol. The molecule has 0 unspecified atom stereocenters. The van der Waals surface area contributed by atoms with E-state index >= 15 is 0 Å². The van der Waals surface area contributed by atoms with Gasteiger partial charge in [-0.3, -0.25) is 9.59 Å². The molecule has 2 aromatic rings. The Kier molecular flexibility index (Phi) is 4.76. The number of amides is 1. The summed E-state index contributed by atoms with van der Waals surface area (Å²) in [6, 6.07) is 6.89. The van der Waals surface area contributed by atoms with Gasteiger partial charge in [-0.05, 0) is 56.4 Å². The van der Waals surface area contributed by atoms with Crippen LogP contribution in [0, 0.1) is 5.41 Å². The molecule has 1 saturated carbocycles. The van der Waals surface area contributed by atoms with Crippen LogP contribution in [0.25, 0.3) is 0 Å². The Morgan fingerprint density at radius 1 is 1.17 bits per heavy atom. The smallest absolute Gasteiger partial charge is 0.237 e. The highest BCUT2D eigenvalue weighted by Crippen LogP contribution is 2.66. The summed E-state index contributed by atoms with van der Waals surface area (Å²) in [4.78, 5) is 28.8. The molecule has 0 aliphatic heterocycles. The number of nitrogens with one attached hydrogen (secondary N) is 1. The maximum Gasteiger partial charge on any atom is 0.237 e. The number of ketones is 1. The minimum absolute atomic E-state index is 0.00127. The third-order valence-corrected chi connectivity index (χ3v) is 7.93. The second-order valence-electron chi connectivity index (χ2n) is 8.86. The monoisotopic (exact) mass is 410 g/mol. The van der Waals surface area contributed by atoms with E-state index in [2.05, 4.69) is 36.3 Å². The Balaban J connectivity index is 1.46. The third kappa shape index (κ3) is 3.16. The van der Waals surface area contributed by atoms with E-state index in [1.165, 1.54) is 18.7 Å². The summed E-state index contributed by atoms with van der Waals surface area (Å²) < 4.78 is 0. The van der Waals surface area contributed by atoms with Gasteiger partial charge in [0.05, 0.1) is 16.6 Å². The molecule has 1 aromatic carbocycles. The van der Waals surface area contributed by atoms with Gasteiger partial charge in [0.2, 0.25) is 11.1 Å². The minimum Gasteiger partial charge on any atom is -0.325 e. The average molecular weight is 411 g/mol. The van der Waals surface area contributed by atoms with Gasteiger partial charge in [-0.2, -0.15) is 5.10 Å². The van der Waals surface area contributed by atoms with E-state index in [1.807, 2.05) is 6.92 Å². The molecule has 1 N–H and O–H groups in total. The number of thioether (sulfide) groups is 1. The Morgan fingerprint density at radius 3 is 2.52 bits per heavy atom. The van der Waals surface area contributed by atoms with Crippen LogP contribution in [0.2, 0.25) is 0 Å². The Bertz CT molecular complexity index is 989. The molecule has 152 valence electrons. The number of Topliss-reactive ketones (excluding diaryl/α,β-unsaturated/α-hetero) is 1. The molecule has 6 nitrogen and oxygen atoms in total. The molecule has 3 atom stereocenters. The molecular weight excluding hydrogens is 384 g/mol. The number of carbonyl (C=O) groups is 2. The van der Waals surface area contributed by atoms with Crippen molar-refractivity contribution in [3.8, 4) is 0 Å². The SMILES string of the molecule is CC(=O)c1ccc(NC(=O)[C@@H](C)Sc2nnc3c(n2)[C@]2(C)CC[C@@H]3C2(C)C)cc1. The molecule has 1 fully saturated rings. The van der Waals surface area contributed by atoms with Gasteiger partial charge in [-0.25, -0.2) is 4.98 Å². The zero-order valence-corrected chi connectivity index (χ0v) is 18.3. The largest absolute Gasteiger partial charge is 0.325 e. The quantitative estimate of drug-likeness (QED) is 0.582. The first-order chi connectivity index (χ1) is 13.6. The Hall–Kier alpha value is -2.28. The van der Waals surface area contributed by atoms with Gasteiger partial charge >= 0.3 is 0 Å². The lowest BCUT2D eigenvalue weighted by atomic mass is 9.70. The molecule has 1 heterocycles. The molecular formula is C22H26N4O2S. The van der Waals surface area contributed by atoms with E-state index in [-0.39, 0.29) is 27.8 Å². The molecule has 0 saturated heterocycles. The molecule has 2 aliphatic carbocycles. The van der Waals surface area contributed by atoms with Gasteiger partial charge in [-0.1, -0.05) is 32.5 Å². The number of carbonyl (C=O) groups excluding carboxylic acids is 2. The maximum absolute atomic E-state index is 12.6. The standard InChI is InChI=1S/C22H26N4O2S/c1-12(27)14-6-8-15(9-7-14)23-19(28)13(2)29-20-24-18-17(25-26-20)16-10-11-22(18,5)21(16,3)4/h6-9,13,16H,10-11H2,1-5H3,(H,23,28)/t13-,16+,22+/m1/s1. The van der Waals surface area contributed by atoms with Crippen LogP contribution in [0.4, 0.5) is 5.69 Å². The van der Waals surface area contributed by atoms with E-state index in [1.54, 1.807) is 24.3 Å². The van der Waals surface area contributed by atoms with Crippen molar-refractivity contribution in [3.05, 3.63) is 41.2 Å². The van der Waals surface area contributed by atoms with Crippen LogP contribution in [-0.4, -0.2) is 32.1 Å². The first-order valence-electron chi connectivity index (χ1n) is 9.97. The van der Waals surface area contributed by atoms with E-state index < -0.39 is 0 Å². The van der Waals surface area contributed by atoms with Crippen LogP contribution in [0.5, 0.6) is 0 Å². The van der Waals surface area contributed by atoms with Crippen molar-refractivity contribution in [2.24, 2.45) is 5.41 Å². The van der Waals surface area contributed by atoms with Crippen LogP contribution >= 0.6 is 11.8 Å². The number of benzene rings is 1. The summed E-state index contributed by atoms with van der Waals surface area (Å²) in [5.74, 6) is 0.279. The van der Waals surface area contributed by atoms with Gasteiger partial charge in [0, 0.05) is 22.6 Å². The topological polar surface area (TPSA) is 84.8 Å². The zero-order chi connectivity index (χ0) is 21.0. The van der Waals surface area contributed by atoms with Crippen LogP contribution < -0.4 is 5.32 Å². The molecule has 29 heavy (non-hydrogen) atoms. The summed E-state index contributed by atoms with van der Waals surface area (Å²) in [6.07, 6.45) is 2.26. The highest BCUT2D eigenvalue weighted by Gasteiger charge is 2.61. The molecule has 0 radical (unpaired) electrons. The third-order valence-electron chi connectivity index (χ3n) is 6.98. The number of anilines is 1. The van der Waals surface area contributed by atoms with Gasteiger partial charge in [-0.15, -0.1) is 5.10 Å². The molecule has 1 amide bonds. The minimum atomic E-state index is -0.373. The van der Waals surface area contributed by atoms with E-state index in [4.69, 9.17) is 4.98 Å². The highest BCUT2D eigenvalue weighted by atomic mass is 32.2. The first kappa shape index (κ1) is 20.0. The number of aromatic nitrogens is 3. The van der Waals surface area contributed by atoms with Gasteiger partial charge in [0.25, 0.3) is 0 Å². The van der Waals surface area contributed by atoms with Crippen molar-refractivity contribution in [1.29, 1.82) is 0 Å². The van der Waals surface area contributed by atoms with Crippen LogP contribution in [0.1, 0.15) is 75.1 Å². The highest BCUT2D eigenvalue weighted by molar-refractivity contribution is 8.00. The second-order valence-corrected chi connectivity index (χ2v) is 10.2. The van der Waals surface area contributed by atoms with Crippen molar-refractivity contribution < 1.29 is 9.59 Å². The summed E-state index contributed by atoms with van der Waals surface area (Å²) >= 11 is 1.32. The second kappa shape index (κ2) is 6.90. The van der Waals surface area contributed by atoms with Crippen molar-refractivity contribution in [3.63, 3.8) is 0 Å². The van der Waals surface area contributed by atoms with Gasteiger partial charge in [0.1, 0.15) is 0 Å². The van der Waals surface area contributed by atoms with Crippen LogP contribution in [0.15, 0.2) is 29.4 Å². The number of nitrogens with zero attached hydrogens (tertiary/aromatic N) is 3. The maximum atomic E-state index is 12.6. The number of hydrogen-bond donors (Lipinski definition) is 1. The molecule has 0 spiro atoms. The summed E-state index contributed by atoms with van der Waals surface area (Å²) in [7, 11) is 0. The summed E-state index contributed by atoms with van der Waals surface area (Å²) in [5.41, 5.74) is 3.53. The molecule has 2 aliphatic rings. The zero-order valence-electron chi connectivity index (χ0n) is 17.4. The molecule has 1 aromatic heterocycles. The average Bonchev–Trinajstić information content (AvgIpc) is 3.01. The molecule has 4 rings (SSSR count). The number of rotatable bonds is 5. The van der Waals surface area contributed by atoms with E-state index in [0.29, 0.717) is 22.3 Å². The fraction of sp³-hybridized carbons (Fsp3) is 0.500. The van der Waals surface area contributed by atoms with E-state index in [9.17, 15) is 9.59 Å². The molecule has 2 bridgehead atoms. The normalized spacial score (nSPS) is 24.8. The fourth-order valence-corrected chi connectivity index (χ4v) is 5.37. The van der Waals surface area contributed by atoms with Crippen molar-refractivity contribution in [2.75, 3.05) is 5.32 Å². The van der Waals surface area contributed by atoms with Crippen molar-refractivity contribution in [2.45, 2.75) is 69.2 Å². The lowest BCUT2D eigenvalue weighted by Gasteiger charge is -2.34. The molecule has 7 heteroatoms. The van der Waals surface area contributed by atoms with Crippen molar-refractivity contribution in [1.82, 2.24) is 15.2 Å². The predicted octanol–water partition coefficient (Wildman–Crippen LogP) is 4.37. The summed E-state index contributed by atoms with van der Waals surface area (Å²) in [6.45, 7) is 10.2. The van der Waals surface area contributed by atoms with E-state index in [0.717, 1.165) is 24.2 Å². The Morgan fingerprint density at radius 2 is 1.86 bits per heavy atom. The lowest BCUT2D eigenvalue weighted by Crippen LogP contribution is -2.32. The first-order valence-corrected chi connectivity index (χ1v) is 10.8. The fourth-order valence-electron chi connectivity index (χ4n) is 4.66. The van der Waals surface area contributed by atoms with Crippen molar-refractivity contribution >= 4 is 29.1 Å². The van der Waals surface area contributed by atoms with Crippen LogP contribution in [-0.2, 0) is 10.2 Å². The number of hydrogen-bond acceptors (Lipinski definition) is 6. The van der Waals surface area contributed by atoms with Gasteiger partial charge in [0.15, 0.2) is 5.78 Å². The number of fused-ring (bicyclic) bond motifs is 5.